The van der Waals surface area contributed by atoms with Crippen molar-refractivity contribution in [3.8, 4) is 11.5 Å². The molecule has 0 heterocycles. The van der Waals surface area contributed by atoms with E-state index >= 15 is 0 Å². The fraction of sp³-hybridized carbons (Fsp3) is 0.562. The van der Waals surface area contributed by atoms with Crippen molar-refractivity contribution in [2.45, 2.75) is 45.4 Å². The molecule has 0 aliphatic rings. The maximum absolute atomic E-state index is 11.2. The first-order valence-corrected chi connectivity index (χ1v) is 7.61. The lowest BCUT2D eigenvalue weighted by atomic mass is 9.76. The molecule has 0 saturated carbocycles. The highest BCUT2D eigenvalue weighted by atomic mass is 79.9. The number of carbonyl (C=O) groups is 1. The van der Waals surface area contributed by atoms with Crippen LogP contribution < -0.4 is 9.47 Å². The number of hydrogen-bond donors (Lipinski definition) is 1. The van der Waals surface area contributed by atoms with Crippen molar-refractivity contribution < 1.29 is 19.4 Å². The second-order valence-electron chi connectivity index (χ2n) is 6.00. The highest BCUT2D eigenvalue weighted by Gasteiger charge is 2.31. The molecule has 0 atom stereocenters. The van der Waals surface area contributed by atoms with Crippen molar-refractivity contribution in [2.24, 2.45) is 0 Å². The Morgan fingerprint density at radius 1 is 1.33 bits per heavy atom. The molecule has 4 nitrogen and oxygen atoms in total. The molecule has 0 bridgehead atoms. The van der Waals surface area contributed by atoms with Crippen LogP contribution in [0, 0.1) is 0 Å². The largest absolute Gasteiger partial charge is 0.493 e. The van der Waals surface area contributed by atoms with Crippen LogP contribution >= 0.6 is 15.9 Å². The number of hydrogen-bond acceptors (Lipinski definition) is 3. The van der Waals surface area contributed by atoms with Gasteiger partial charge in [-0.25, -0.2) is 0 Å². The monoisotopic (exact) mass is 358 g/mol. The highest BCUT2D eigenvalue weighted by Crippen LogP contribution is 2.46. The molecule has 0 amide bonds. The Labute approximate surface area is 134 Å². The number of halogens is 1. The Balaban J connectivity index is 3.64. The molecule has 1 rings (SSSR count). The van der Waals surface area contributed by atoms with Crippen LogP contribution in [-0.2, 0) is 10.2 Å². The number of aliphatic carboxylic acids is 1. The molecule has 1 aromatic rings. The molecule has 1 N–H and O–H groups in total. The minimum atomic E-state index is -0.819. The van der Waals surface area contributed by atoms with Gasteiger partial charge >= 0.3 is 5.97 Å². The van der Waals surface area contributed by atoms with Crippen LogP contribution in [0.15, 0.2) is 10.5 Å². The summed E-state index contributed by atoms with van der Waals surface area (Å²) in [6.07, 6.45) is 0.0502. The van der Waals surface area contributed by atoms with Gasteiger partial charge in [0.05, 0.1) is 25.1 Å². The first-order valence-electron chi connectivity index (χ1n) is 6.82. The lowest BCUT2D eigenvalue weighted by molar-refractivity contribution is -0.138. The van der Waals surface area contributed by atoms with E-state index < -0.39 is 11.4 Å². The maximum atomic E-state index is 11.2. The zero-order valence-corrected chi connectivity index (χ0v) is 15.0. The van der Waals surface area contributed by atoms with Gasteiger partial charge in [-0.15, -0.1) is 0 Å². The Morgan fingerprint density at radius 2 is 1.90 bits per heavy atom. The summed E-state index contributed by atoms with van der Waals surface area (Å²) in [5.41, 5.74) is 1.51. The number of ether oxygens (including phenoxy) is 2. The van der Waals surface area contributed by atoms with Gasteiger partial charge < -0.3 is 14.6 Å². The van der Waals surface area contributed by atoms with Crippen molar-refractivity contribution in [3.63, 3.8) is 0 Å². The third-order valence-electron chi connectivity index (χ3n) is 3.55. The fourth-order valence-electron chi connectivity index (χ4n) is 2.56. The molecule has 0 aromatic heterocycles. The van der Waals surface area contributed by atoms with Gasteiger partial charge in [0.2, 0.25) is 0 Å². The van der Waals surface area contributed by atoms with E-state index in [0.29, 0.717) is 11.5 Å². The van der Waals surface area contributed by atoms with Crippen LogP contribution in [0.2, 0.25) is 0 Å². The molecule has 0 saturated heterocycles. The summed E-state index contributed by atoms with van der Waals surface area (Å²) in [4.78, 5) is 11.2. The summed E-state index contributed by atoms with van der Waals surface area (Å²) < 4.78 is 11.6. The maximum Gasteiger partial charge on any atom is 0.304 e. The Bertz CT molecular complexity index is 536. The number of benzene rings is 1. The van der Waals surface area contributed by atoms with Gasteiger partial charge in [-0.05, 0) is 39.0 Å². The quantitative estimate of drug-likeness (QED) is 0.821. The average Bonchev–Trinajstić information content (AvgIpc) is 2.35. The van der Waals surface area contributed by atoms with Crippen molar-refractivity contribution >= 4 is 21.9 Å². The summed E-state index contributed by atoms with van der Waals surface area (Å²) in [6.45, 7) is 8.01. The first-order chi connectivity index (χ1) is 9.65. The standard InChI is InChI=1S/C16H23BrO4/c1-9(2)13-10(16(3,4)8-12(18)19)7-11(20-5)15(21-6)14(13)17/h7,9H,8H2,1-6H3,(H,18,19). The van der Waals surface area contributed by atoms with Crippen LogP contribution in [0.4, 0.5) is 0 Å². The molecule has 0 aliphatic heterocycles. The van der Waals surface area contributed by atoms with E-state index in [0.717, 1.165) is 15.6 Å². The third kappa shape index (κ3) is 3.70. The van der Waals surface area contributed by atoms with Crippen molar-refractivity contribution in [1.29, 1.82) is 0 Å². The van der Waals surface area contributed by atoms with Gasteiger partial charge in [0, 0.05) is 5.41 Å². The second kappa shape index (κ2) is 6.69. The molecule has 0 spiro atoms. The van der Waals surface area contributed by atoms with E-state index in [1.807, 2.05) is 19.9 Å². The normalized spacial score (nSPS) is 11.6. The SMILES string of the molecule is COc1cc(C(C)(C)CC(=O)O)c(C(C)C)c(Br)c1OC. The zero-order chi connectivity index (χ0) is 16.4. The predicted octanol–water partition coefficient (Wildman–Crippen LogP) is 4.34. The van der Waals surface area contributed by atoms with Crippen LogP contribution in [-0.4, -0.2) is 25.3 Å². The van der Waals surface area contributed by atoms with E-state index in [2.05, 4.69) is 29.8 Å². The summed E-state index contributed by atoms with van der Waals surface area (Å²) in [7, 11) is 3.17. The van der Waals surface area contributed by atoms with Gasteiger partial charge in [0.15, 0.2) is 11.5 Å². The second-order valence-corrected chi connectivity index (χ2v) is 6.79. The molecule has 21 heavy (non-hydrogen) atoms. The van der Waals surface area contributed by atoms with Gasteiger partial charge in [-0.3, -0.25) is 4.79 Å². The van der Waals surface area contributed by atoms with Crippen LogP contribution in [0.5, 0.6) is 11.5 Å². The van der Waals surface area contributed by atoms with Crippen molar-refractivity contribution in [1.82, 2.24) is 0 Å². The first kappa shape index (κ1) is 17.8. The number of carboxylic acid groups (broad SMARTS) is 1. The van der Waals surface area contributed by atoms with Gasteiger partial charge in [0.25, 0.3) is 0 Å². The third-order valence-corrected chi connectivity index (χ3v) is 4.34. The highest BCUT2D eigenvalue weighted by molar-refractivity contribution is 9.10. The molecule has 0 unspecified atom stereocenters. The van der Waals surface area contributed by atoms with E-state index in [1.165, 1.54) is 0 Å². The molecule has 0 aliphatic carbocycles. The van der Waals surface area contributed by atoms with Crippen LogP contribution in [0.1, 0.15) is 51.2 Å². The Morgan fingerprint density at radius 3 is 2.29 bits per heavy atom. The molecule has 0 fully saturated rings. The van der Waals surface area contributed by atoms with Crippen LogP contribution in [0.3, 0.4) is 0 Å². The van der Waals surface area contributed by atoms with Crippen molar-refractivity contribution in [3.05, 3.63) is 21.7 Å². The summed E-state index contributed by atoms with van der Waals surface area (Å²) in [6, 6.07) is 1.89. The lowest BCUT2D eigenvalue weighted by Gasteiger charge is -2.30. The molecular formula is C16H23BrO4. The van der Waals surface area contributed by atoms with E-state index in [9.17, 15) is 4.79 Å². The van der Waals surface area contributed by atoms with Crippen molar-refractivity contribution in [2.75, 3.05) is 14.2 Å². The lowest BCUT2D eigenvalue weighted by Crippen LogP contribution is -2.24. The summed E-state index contributed by atoms with van der Waals surface area (Å²) in [5, 5.41) is 9.17. The smallest absolute Gasteiger partial charge is 0.304 e. The fourth-order valence-corrected chi connectivity index (χ4v) is 3.59. The summed E-state index contributed by atoms with van der Waals surface area (Å²) >= 11 is 3.59. The Hall–Kier alpha value is -1.23. The minimum Gasteiger partial charge on any atom is -0.493 e. The number of carboxylic acids is 1. The van der Waals surface area contributed by atoms with E-state index in [-0.39, 0.29) is 12.3 Å². The van der Waals surface area contributed by atoms with E-state index in [1.54, 1.807) is 14.2 Å². The average molecular weight is 359 g/mol. The number of methoxy groups -OCH3 is 2. The minimum absolute atomic E-state index is 0.0502. The van der Waals surface area contributed by atoms with Gasteiger partial charge in [0.1, 0.15) is 0 Å². The Kier molecular flexibility index (Phi) is 5.68. The topological polar surface area (TPSA) is 55.8 Å². The van der Waals surface area contributed by atoms with Gasteiger partial charge in [-0.1, -0.05) is 27.7 Å². The molecule has 0 radical (unpaired) electrons. The molecule has 5 heteroatoms. The van der Waals surface area contributed by atoms with Gasteiger partial charge in [-0.2, -0.15) is 0 Å². The summed E-state index contributed by atoms with van der Waals surface area (Å²) in [5.74, 6) is 0.640. The zero-order valence-electron chi connectivity index (χ0n) is 13.4. The van der Waals surface area contributed by atoms with E-state index in [4.69, 9.17) is 14.6 Å². The predicted molar refractivity (Wildman–Crippen MR) is 86.6 cm³/mol. The number of rotatable bonds is 6. The molecular weight excluding hydrogens is 336 g/mol. The van der Waals surface area contributed by atoms with Crippen LogP contribution in [0.25, 0.3) is 0 Å². The molecule has 1 aromatic carbocycles. The molecule has 118 valence electrons.